The smallest absolute Gasteiger partial charge is 0.282 e. The van der Waals surface area contributed by atoms with Crippen molar-refractivity contribution in [1.82, 2.24) is 30.5 Å². The first-order chi connectivity index (χ1) is 14.5. The van der Waals surface area contributed by atoms with Gasteiger partial charge in [-0.15, -0.1) is 10.2 Å². The molecule has 1 amide bonds. The summed E-state index contributed by atoms with van der Waals surface area (Å²) in [4.78, 5) is 21.1. The van der Waals surface area contributed by atoms with Gasteiger partial charge in [-0.05, 0) is 58.6 Å². The van der Waals surface area contributed by atoms with E-state index in [2.05, 4.69) is 25.6 Å². The summed E-state index contributed by atoms with van der Waals surface area (Å²) in [5.74, 6) is -1.99. The lowest BCUT2D eigenvalue weighted by atomic mass is 10.0. The molecule has 0 aromatic carbocycles. The molecule has 0 radical (unpaired) electrons. The number of nitrogens with one attached hydrogen (secondary N) is 1. The van der Waals surface area contributed by atoms with Crippen LogP contribution in [0.2, 0.25) is 0 Å². The highest BCUT2D eigenvalue weighted by atomic mass is 19.3. The van der Waals surface area contributed by atoms with E-state index in [9.17, 15) is 13.6 Å². The minimum Gasteiger partial charge on any atom is -0.476 e. The van der Waals surface area contributed by atoms with Gasteiger partial charge in [-0.25, -0.2) is 13.8 Å². The largest absolute Gasteiger partial charge is 0.476 e. The minimum absolute atomic E-state index is 0.173. The van der Waals surface area contributed by atoms with Gasteiger partial charge in [0.1, 0.15) is 11.4 Å². The molecule has 1 saturated heterocycles. The predicted octanol–water partition coefficient (Wildman–Crippen LogP) is 2.84. The van der Waals surface area contributed by atoms with Gasteiger partial charge >= 0.3 is 0 Å². The molecular formula is C20H27F2N7O2. The number of rotatable bonds is 7. The standard InChI is InChI=1S/C20H27F2N7O2/c1-12(16-24-26-27-25-16)29(19(2,3)4)18(30)14-7-8-15(28-10-20(21,22)11-28)17(23-14)31-9-13-5-6-13/h7-8,12-13H,5-6,9-11H2,1-4H3,(H,24,25,26,27). The van der Waals surface area contributed by atoms with Gasteiger partial charge in [0.2, 0.25) is 5.88 Å². The Labute approximate surface area is 179 Å². The number of alkyl halides is 2. The third-order valence-corrected chi connectivity index (χ3v) is 5.46. The Morgan fingerprint density at radius 1 is 1.35 bits per heavy atom. The van der Waals surface area contributed by atoms with Gasteiger partial charge in [0, 0.05) is 5.54 Å². The number of aromatic amines is 1. The summed E-state index contributed by atoms with van der Waals surface area (Å²) >= 11 is 0. The second-order valence-electron chi connectivity index (χ2n) is 9.28. The molecule has 1 atom stereocenters. The average molecular weight is 435 g/mol. The zero-order chi connectivity index (χ0) is 22.4. The number of tetrazole rings is 1. The second kappa shape index (κ2) is 7.69. The third-order valence-electron chi connectivity index (χ3n) is 5.46. The van der Waals surface area contributed by atoms with Crippen LogP contribution in [0.3, 0.4) is 0 Å². The molecule has 3 heterocycles. The normalized spacial score (nSPS) is 19.0. The molecule has 168 valence electrons. The Morgan fingerprint density at radius 2 is 2.06 bits per heavy atom. The van der Waals surface area contributed by atoms with Crippen molar-refractivity contribution in [2.75, 3.05) is 24.6 Å². The van der Waals surface area contributed by atoms with Crippen LogP contribution in [0.15, 0.2) is 12.1 Å². The summed E-state index contributed by atoms with van der Waals surface area (Å²) in [7, 11) is 0. The van der Waals surface area contributed by atoms with E-state index in [0.717, 1.165) is 12.8 Å². The third kappa shape index (κ3) is 4.59. The Bertz CT molecular complexity index is 934. The molecule has 31 heavy (non-hydrogen) atoms. The van der Waals surface area contributed by atoms with E-state index >= 15 is 0 Å². The molecule has 4 rings (SSSR count). The number of carbonyl (C=O) groups excluding carboxylic acids is 1. The maximum Gasteiger partial charge on any atom is 0.282 e. The molecule has 9 nitrogen and oxygen atoms in total. The van der Waals surface area contributed by atoms with Crippen molar-refractivity contribution in [2.24, 2.45) is 5.92 Å². The number of hydrogen-bond acceptors (Lipinski definition) is 7. The van der Waals surface area contributed by atoms with E-state index in [0.29, 0.717) is 24.0 Å². The Balaban J connectivity index is 1.63. The van der Waals surface area contributed by atoms with Crippen molar-refractivity contribution >= 4 is 11.6 Å². The van der Waals surface area contributed by atoms with E-state index in [-0.39, 0.29) is 30.6 Å². The van der Waals surface area contributed by atoms with Gasteiger partial charge in [-0.3, -0.25) is 4.79 Å². The number of carbonyl (C=O) groups is 1. The molecule has 2 aliphatic rings. The van der Waals surface area contributed by atoms with E-state index in [4.69, 9.17) is 4.74 Å². The molecule has 1 N–H and O–H groups in total. The number of aromatic nitrogens is 5. The summed E-state index contributed by atoms with van der Waals surface area (Å²) in [6.07, 6.45) is 2.16. The van der Waals surface area contributed by atoms with Crippen molar-refractivity contribution in [1.29, 1.82) is 0 Å². The highest BCUT2D eigenvalue weighted by Gasteiger charge is 2.45. The monoisotopic (exact) mass is 435 g/mol. The maximum atomic E-state index is 13.5. The van der Waals surface area contributed by atoms with Crippen LogP contribution in [0, 0.1) is 5.92 Å². The molecule has 1 aliphatic heterocycles. The average Bonchev–Trinajstić information content (AvgIpc) is 3.33. The highest BCUT2D eigenvalue weighted by molar-refractivity contribution is 5.93. The number of H-pyrrole nitrogens is 1. The molecule has 2 fully saturated rings. The van der Waals surface area contributed by atoms with Gasteiger partial charge in [0.25, 0.3) is 11.8 Å². The number of ether oxygens (including phenoxy) is 1. The lowest BCUT2D eigenvalue weighted by Crippen LogP contribution is -2.56. The minimum atomic E-state index is -2.72. The first kappa shape index (κ1) is 21.4. The van der Waals surface area contributed by atoms with Crippen LogP contribution in [0.5, 0.6) is 5.88 Å². The van der Waals surface area contributed by atoms with Crippen molar-refractivity contribution in [3.8, 4) is 5.88 Å². The number of amides is 1. The van der Waals surface area contributed by atoms with Gasteiger partial charge in [0.15, 0.2) is 5.82 Å². The molecule has 1 aliphatic carbocycles. The summed E-state index contributed by atoms with van der Waals surface area (Å²) in [5, 5.41) is 14.0. The van der Waals surface area contributed by atoms with Crippen LogP contribution in [0.25, 0.3) is 0 Å². The predicted molar refractivity (Wildman–Crippen MR) is 108 cm³/mol. The van der Waals surface area contributed by atoms with Crippen LogP contribution in [-0.4, -0.2) is 67.6 Å². The lowest BCUT2D eigenvalue weighted by Gasteiger charge is -2.41. The number of pyridine rings is 1. The number of halogens is 2. The highest BCUT2D eigenvalue weighted by Crippen LogP contribution is 2.38. The fourth-order valence-electron chi connectivity index (χ4n) is 3.71. The van der Waals surface area contributed by atoms with Gasteiger partial charge in [-0.1, -0.05) is 5.21 Å². The van der Waals surface area contributed by atoms with E-state index < -0.39 is 17.5 Å². The van der Waals surface area contributed by atoms with Crippen molar-refractivity contribution < 1.29 is 18.3 Å². The molecule has 1 saturated carbocycles. The molecule has 0 bridgehead atoms. The van der Waals surface area contributed by atoms with Crippen LogP contribution in [-0.2, 0) is 0 Å². The molecule has 0 spiro atoms. The molecule has 11 heteroatoms. The lowest BCUT2D eigenvalue weighted by molar-refractivity contribution is -0.0265. The Hall–Kier alpha value is -2.85. The molecule has 2 aromatic heterocycles. The fraction of sp³-hybridized carbons (Fsp3) is 0.650. The summed E-state index contributed by atoms with van der Waals surface area (Å²) < 4.78 is 32.7. The van der Waals surface area contributed by atoms with E-state index in [1.54, 1.807) is 17.0 Å². The number of anilines is 1. The first-order valence-electron chi connectivity index (χ1n) is 10.4. The zero-order valence-electron chi connectivity index (χ0n) is 18.1. The van der Waals surface area contributed by atoms with E-state index in [1.165, 1.54) is 4.90 Å². The molecule has 2 aromatic rings. The van der Waals surface area contributed by atoms with Crippen LogP contribution in [0.4, 0.5) is 14.5 Å². The van der Waals surface area contributed by atoms with Crippen LogP contribution in [0.1, 0.15) is 62.9 Å². The summed E-state index contributed by atoms with van der Waals surface area (Å²) in [5.41, 5.74) is 0.0928. The zero-order valence-corrected chi connectivity index (χ0v) is 18.1. The topological polar surface area (TPSA) is 100 Å². The number of nitrogens with zero attached hydrogens (tertiary/aromatic N) is 6. The summed E-state index contributed by atoms with van der Waals surface area (Å²) in [6.45, 7) is 7.22. The van der Waals surface area contributed by atoms with Crippen LogP contribution < -0.4 is 9.64 Å². The molecular weight excluding hydrogens is 408 g/mol. The van der Waals surface area contributed by atoms with E-state index in [1.807, 2.05) is 27.7 Å². The van der Waals surface area contributed by atoms with Crippen molar-refractivity contribution in [3.63, 3.8) is 0 Å². The quantitative estimate of drug-likeness (QED) is 0.714. The van der Waals surface area contributed by atoms with Gasteiger partial charge < -0.3 is 14.5 Å². The Kier molecular flexibility index (Phi) is 5.30. The Morgan fingerprint density at radius 3 is 2.61 bits per heavy atom. The van der Waals surface area contributed by atoms with Gasteiger partial charge in [0.05, 0.1) is 25.7 Å². The van der Waals surface area contributed by atoms with Crippen molar-refractivity contribution in [2.45, 2.75) is 58.0 Å². The fourth-order valence-corrected chi connectivity index (χ4v) is 3.71. The SMILES string of the molecule is CC(c1nn[nH]n1)N(C(=O)c1ccc(N2CC(F)(F)C2)c(OCC2CC2)n1)C(C)(C)C. The summed E-state index contributed by atoms with van der Waals surface area (Å²) in [6, 6.07) is 2.73. The maximum absolute atomic E-state index is 13.5. The second-order valence-corrected chi connectivity index (χ2v) is 9.28. The number of hydrogen-bond donors (Lipinski definition) is 1. The van der Waals surface area contributed by atoms with Crippen LogP contribution >= 0.6 is 0 Å². The van der Waals surface area contributed by atoms with Gasteiger partial charge in [-0.2, -0.15) is 5.21 Å². The van der Waals surface area contributed by atoms with Crippen molar-refractivity contribution in [3.05, 3.63) is 23.7 Å². The first-order valence-corrected chi connectivity index (χ1v) is 10.4. The molecule has 1 unspecified atom stereocenters.